The van der Waals surface area contributed by atoms with Crippen molar-refractivity contribution in [3.8, 4) is 0 Å². The molecule has 0 spiro atoms. The third-order valence-electron chi connectivity index (χ3n) is 8.60. The second kappa shape index (κ2) is 14.1. The summed E-state index contributed by atoms with van der Waals surface area (Å²) in [6, 6.07) is 15.0. The number of carbonyl (C=O) groups is 3. The van der Waals surface area contributed by atoms with Crippen LogP contribution < -0.4 is 25.6 Å². The Bertz CT molecular complexity index is 2170. The zero-order valence-corrected chi connectivity index (χ0v) is 28.5. The number of aromatic nitrogens is 2. The number of amides is 3. The van der Waals surface area contributed by atoms with Crippen molar-refractivity contribution in [3.63, 3.8) is 0 Å². The number of fused-ring (bicyclic) bond motifs is 1. The lowest BCUT2D eigenvalue weighted by molar-refractivity contribution is -0.138. The predicted octanol–water partition coefficient (Wildman–Crippen LogP) is 4.76. The van der Waals surface area contributed by atoms with Crippen molar-refractivity contribution in [2.45, 2.75) is 44.7 Å². The van der Waals surface area contributed by atoms with E-state index < -0.39 is 57.2 Å². The van der Waals surface area contributed by atoms with Gasteiger partial charge in [-0.1, -0.05) is 18.2 Å². The van der Waals surface area contributed by atoms with E-state index in [1.165, 1.54) is 24.1 Å². The van der Waals surface area contributed by atoms with Crippen molar-refractivity contribution in [3.05, 3.63) is 100 Å². The number of piperidine rings is 1. The minimum absolute atomic E-state index is 0.0327. The Morgan fingerprint density at radius 3 is 2.38 bits per heavy atom. The van der Waals surface area contributed by atoms with Crippen molar-refractivity contribution < 1.29 is 40.4 Å². The Hall–Kier alpha value is -5.78. The van der Waals surface area contributed by atoms with Gasteiger partial charge in [-0.3, -0.25) is 24.0 Å². The molecule has 1 aromatic heterocycles. The second-order valence-corrected chi connectivity index (χ2v) is 14.3. The van der Waals surface area contributed by atoms with Crippen molar-refractivity contribution in [1.29, 1.82) is 0 Å². The molecule has 1 unspecified atom stereocenters. The van der Waals surface area contributed by atoms with Gasteiger partial charge in [-0.2, -0.15) is 18.2 Å². The molecule has 0 saturated carbocycles. The Kier molecular flexibility index (Phi) is 9.76. The first-order valence-corrected chi connectivity index (χ1v) is 17.7. The molecule has 3 heterocycles. The molecular weight excluding hydrogens is 708 g/mol. The molecule has 1 saturated heterocycles. The molecule has 0 aliphatic carbocycles. The summed E-state index contributed by atoms with van der Waals surface area (Å²) >= 11 is 0. The average molecular weight is 741 g/mol. The molecule has 1 fully saturated rings. The number of benzene rings is 3. The number of halogens is 4. The fraction of sp³-hybridized carbons (Fsp3) is 0.265. The molecule has 4 N–H and O–H groups in total. The number of rotatable bonds is 11. The molecule has 1 atom stereocenters. The molecule has 272 valence electrons. The number of nitrogens with zero attached hydrogens (tertiary/aromatic N) is 4. The quantitative estimate of drug-likeness (QED) is 0.125. The van der Waals surface area contributed by atoms with Crippen LogP contribution in [0.4, 0.5) is 46.4 Å². The van der Waals surface area contributed by atoms with Gasteiger partial charge in [-0.15, -0.1) is 0 Å². The van der Waals surface area contributed by atoms with Gasteiger partial charge < -0.3 is 20.9 Å². The Morgan fingerprint density at radius 1 is 0.981 bits per heavy atom. The zero-order valence-electron chi connectivity index (χ0n) is 27.7. The average Bonchev–Trinajstić information content (AvgIpc) is 3.41. The van der Waals surface area contributed by atoms with Gasteiger partial charge in [-0.05, 0) is 65.6 Å². The minimum Gasteiger partial charge on any atom is -0.381 e. The van der Waals surface area contributed by atoms with Gasteiger partial charge in [0.2, 0.25) is 27.8 Å². The predicted molar refractivity (Wildman–Crippen MR) is 184 cm³/mol. The lowest BCUT2D eigenvalue weighted by Crippen LogP contribution is -2.52. The van der Waals surface area contributed by atoms with Gasteiger partial charge in [0.15, 0.2) is 0 Å². The van der Waals surface area contributed by atoms with Crippen LogP contribution in [0.15, 0.2) is 66.9 Å². The number of anilines is 5. The normalized spacial score (nSPS) is 16.0. The van der Waals surface area contributed by atoms with E-state index in [4.69, 9.17) is 0 Å². The summed E-state index contributed by atoms with van der Waals surface area (Å²) in [5, 5.41) is 10.9. The number of imide groups is 1. The van der Waals surface area contributed by atoms with Crippen molar-refractivity contribution in [1.82, 2.24) is 20.2 Å². The van der Waals surface area contributed by atoms with E-state index in [9.17, 15) is 36.0 Å². The van der Waals surface area contributed by atoms with Crippen molar-refractivity contribution in [2.24, 2.45) is 0 Å². The maximum absolute atomic E-state index is 15.1. The lowest BCUT2D eigenvalue weighted by atomic mass is 10.0. The van der Waals surface area contributed by atoms with Gasteiger partial charge in [-0.25, -0.2) is 17.8 Å². The maximum Gasteiger partial charge on any atom is 0.421 e. The summed E-state index contributed by atoms with van der Waals surface area (Å²) < 4.78 is 81.4. The summed E-state index contributed by atoms with van der Waals surface area (Å²) in [6.07, 6.45) is -2.80. The van der Waals surface area contributed by atoms with Gasteiger partial charge in [0.05, 0.1) is 17.5 Å². The lowest BCUT2D eigenvalue weighted by Gasteiger charge is -2.29. The van der Waals surface area contributed by atoms with Gasteiger partial charge >= 0.3 is 6.18 Å². The van der Waals surface area contributed by atoms with Crippen LogP contribution in [0.3, 0.4) is 0 Å². The summed E-state index contributed by atoms with van der Waals surface area (Å²) in [5.74, 6) is -2.91. The summed E-state index contributed by atoms with van der Waals surface area (Å²) in [4.78, 5) is 45.9. The van der Waals surface area contributed by atoms with Crippen LogP contribution in [0.1, 0.15) is 45.5 Å². The van der Waals surface area contributed by atoms with E-state index in [1.54, 1.807) is 48.5 Å². The van der Waals surface area contributed by atoms with E-state index in [0.717, 1.165) is 10.6 Å². The second-order valence-electron chi connectivity index (χ2n) is 12.3. The largest absolute Gasteiger partial charge is 0.421 e. The molecule has 3 amide bonds. The van der Waals surface area contributed by atoms with Gasteiger partial charge in [0, 0.05) is 50.7 Å². The first kappa shape index (κ1) is 36.0. The third-order valence-corrected chi connectivity index (χ3v) is 9.80. The Labute approximate surface area is 295 Å². The highest BCUT2D eigenvalue weighted by molar-refractivity contribution is 7.92. The number of hydrogen-bond donors (Lipinski definition) is 4. The zero-order chi connectivity index (χ0) is 37.4. The van der Waals surface area contributed by atoms with Crippen LogP contribution in [0.5, 0.6) is 0 Å². The van der Waals surface area contributed by atoms with Crippen LogP contribution >= 0.6 is 0 Å². The summed E-state index contributed by atoms with van der Waals surface area (Å²) in [7, 11) is -2.17. The SMILES string of the molecule is CN(c1cccc(CNc2nc(Nc3ccc(NCc4cc(F)c5c(c4)CN(C4CCC(=O)NC4=O)C5=O)cc3)ncc2C(F)(F)F)c1)S(C)(=O)=O. The van der Waals surface area contributed by atoms with Crippen LogP contribution in [0.2, 0.25) is 0 Å². The Morgan fingerprint density at radius 2 is 1.69 bits per heavy atom. The standard InChI is InChI=1S/C34H32F4N8O5S/c1-45(52(2,50)51)24-5-3-4-19(13-24)15-40-30-25(34(36,37)38)17-41-33(44-30)42-23-8-6-22(7-9-23)39-16-20-12-21-18-46(32(49)29(21)26(35)14-20)27-10-11-28(47)43-31(27)48/h3-9,12-14,17,27,39H,10-11,15-16,18H2,1-2H3,(H,43,47,48)(H2,40,41,42,44). The first-order chi connectivity index (χ1) is 24.6. The fourth-order valence-electron chi connectivity index (χ4n) is 5.85. The van der Waals surface area contributed by atoms with Crippen molar-refractivity contribution in [2.75, 3.05) is 33.6 Å². The van der Waals surface area contributed by atoms with E-state index in [1.807, 2.05) is 0 Å². The highest BCUT2D eigenvalue weighted by Gasteiger charge is 2.40. The molecule has 0 bridgehead atoms. The van der Waals surface area contributed by atoms with E-state index in [2.05, 4.69) is 31.2 Å². The smallest absolute Gasteiger partial charge is 0.381 e. The van der Waals surface area contributed by atoms with Crippen LogP contribution in [-0.2, 0) is 45.4 Å². The monoisotopic (exact) mass is 740 g/mol. The molecule has 18 heteroatoms. The van der Waals surface area contributed by atoms with E-state index in [0.29, 0.717) is 39.9 Å². The maximum atomic E-state index is 15.1. The molecule has 52 heavy (non-hydrogen) atoms. The van der Waals surface area contributed by atoms with Crippen molar-refractivity contribution >= 4 is 56.6 Å². The highest BCUT2D eigenvalue weighted by Crippen LogP contribution is 2.35. The van der Waals surface area contributed by atoms with E-state index in [-0.39, 0.29) is 44.0 Å². The number of sulfonamides is 1. The molecule has 3 aromatic carbocycles. The molecule has 0 radical (unpaired) electrons. The molecule has 6 rings (SSSR count). The summed E-state index contributed by atoms with van der Waals surface area (Å²) in [5.41, 5.74) is 1.75. The molecule has 4 aromatic rings. The molecule has 2 aliphatic heterocycles. The minimum atomic E-state index is -4.75. The highest BCUT2D eigenvalue weighted by atomic mass is 32.2. The fourth-order valence-corrected chi connectivity index (χ4v) is 6.35. The van der Waals surface area contributed by atoms with Gasteiger partial charge in [0.25, 0.3) is 5.91 Å². The van der Waals surface area contributed by atoms with Gasteiger partial charge in [0.1, 0.15) is 23.2 Å². The number of hydrogen-bond acceptors (Lipinski definition) is 10. The topological polar surface area (TPSA) is 166 Å². The molecular formula is C34H32F4N8O5S. The number of alkyl halides is 3. The molecule has 13 nitrogen and oxygen atoms in total. The van der Waals surface area contributed by atoms with Crippen LogP contribution in [0.25, 0.3) is 0 Å². The van der Waals surface area contributed by atoms with E-state index >= 15 is 4.39 Å². The Balaban J connectivity index is 1.10. The number of nitrogens with one attached hydrogen (secondary N) is 4. The summed E-state index contributed by atoms with van der Waals surface area (Å²) in [6.45, 7) is 0.132. The number of carbonyl (C=O) groups excluding carboxylic acids is 3. The van der Waals surface area contributed by atoms with Crippen LogP contribution in [-0.4, -0.2) is 60.4 Å². The van der Waals surface area contributed by atoms with Crippen LogP contribution in [0, 0.1) is 5.82 Å². The molecule has 2 aliphatic rings. The third kappa shape index (κ3) is 7.91. The first-order valence-electron chi connectivity index (χ1n) is 15.8.